The lowest BCUT2D eigenvalue weighted by Crippen LogP contribution is -2.10. The first-order chi connectivity index (χ1) is 8.76. The lowest BCUT2D eigenvalue weighted by Gasteiger charge is -2.13. The Morgan fingerprint density at radius 1 is 1.33 bits per heavy atom. The normalized spacial score (nSPS) is 17.2. The Balaban J connectivity index is 2.36. The Morgan fingerprint density at radius 3 is 2.83 bits per heavy atom. The van der Waals surface area contributed by atoms with Crippen LogP contribution in [0.15, 0.2) is 35.7 Å². The maximum atomic E-state index is 11.8. The summed E-state index contributed by atoms with van der Waals surface area (Å²) in [5.74, 6) is 0.444. The largest absolute Gasteiger partial charge is 0.491 e. The van der Waals surface area contributed by atoms with Gasteiger partial charge < -0.3 is 10.1 Å². The van der Waals surface area contributed by atoms with Crippen LogP contribution in [0.5, 0.6) is 0 Å². The van der Waals surface area contributed by atoms with E-state index >= 15 is 0 Å². The molecule has 1 aliphatic heterocycles. The van der Waals surface area contributed by atoms with Crippen LogP contribution in [0.1, 0.15) is 18.4 Å². The SMILES string of the molecule is CO/C(C(=O)SC)=C1/CCCc2ccccc2N1. The molecule has 0 aromatic heterocycles. The molecular formula is C14H17NO2S. The first kappa shape index (κ1) is 13.0. The molecule has 0 fully saturated rings. The zero-order valence-electron chi connectivity index (χ0n) is 10.7. The van der Waals surface area contributed by atoms with Gasteiger partial charge in [0.05, 0.1) is 12.8 Å². The Hall–Kier alpha value is -1.42. The smallest absolute Gasteiger partial charge is 0.255 e. The molecule has 3 nitrogen and oxygen atoms in total. The van der Waals surface area contributed by atoms with E-state index in [4.69, 9.17) is 4.74 Å². The lowest BCUT2D eigenvalue weighted by molar-refractivity contribution is -0.110. The highest BCUT2D eigenvalue weighted by Gasteiger charge is 2.18. The van der Waals surface area contributed by atoms with Crippen LogP contribution in [0.4, 0.5) is 5.69 Å². The molecule has 0 amide bonds. The summed E-state index contributed by atoms with van der Waals surface area (Å²) in [5.41, 5.74) is 3.26. The van der Waals surface area contributed by atoms with Gasteiger partial charge in [-0.3, -0.25) is 4.79 Å². The standard InChI is InChI=1S/C14H17NO2S/c1-17-13(14(16)18-2)12-9-5-7-10-6-3-4-8-11(10)15-12/h3-4,6,8,15H,5,7,9H2,1-2H3/b13-12-. The van der Waals surface area contributed by atoms with Crippen molar-refractivity contribution in [1.82, 2.24) is 0 Å². The minimum absolute atomic E-state index is 0.0284. The summed E-state index contributed by atoms with van der Waals surface area (Å²) in [4.78, 5) is 11.8. The lowest BCUT2D eigenvalue weighted by atomic mass is 10.1. The summed E-state index contributed by atoms with van der Waals surface area (Å²) in [6, 6.07) is 8.20. The molecule has 0 saturated carbocycles. The van der Waals surface area contributed by atoms with Crippen molar-refractivity contribution in [1.29, 1.82) is 0 Å². The van der Waals surface area contributed by atoms with Gasteiger partial charge in [-0.25, -0.2) is 0 Å². The second-order valence-corrected chi connectivity index (χ2v) is 4.92. The van der Waals surface area contributed by atoms with Crippen LogP contribution in [0.3, 0.4) is 0 Å². The summed E-state index contributed by atoms with van der Waals surface area (Å²) in [6.07, 6.45) is 4.65. The van der Waals surface area contributed by atoms with E-state index < -0.39 is 0 Å². The van der Waals surface area contributed by atoms with Crippen molar-refractivity contribution in [3.63, 3.8) is 0 Å². The average molecular weight is 263 g/mol. The molecule has 0 spiro atoms. The van der Waals surface area contributed by atoms with Crippen molar-refractivity contribution in [3.05, 3.63) is 41.3 Å². The molecule has 0 saturated heterocycles. The highest BCUT2D eigenvalue weighted by Crippen LogP contribution is 2.28. The van der Waals surface area contributed by atoms with Crippen LogP contribution in [-0.2, 0) is 16.0 Å². The second-order valence-electron chi connectivity index (χ2n) is 4.14. The van der Waals surface area contributed by atoms with Gasteiger partial charge in [0.15, 0.2) is 5.76 Å². The van der Waals surface area contributed by atoms with Crippen LogP contribution >= 0.6 is 11.8 Å². The van der Waals surface area contributed by atoms with Gasteiger partial charge in [-0.05, 0) is 37.1 Å². The molecule has 0 aliphatic carbocycles. The van der Waals surface area contributed by atoms with Crippen molar-refractivity contribution in [2.45, 2.75) is 19.3 Å². The van der Waals surface area contributed by atoms with E-state index in [0.29, 0.717) is 5.76 Å². The number of ether oxygens (including phenoxy) is 1. The van der Waals surface area contributed by atoms with E-state index in [-0.39, 0.29) is 5.12 Å². The van der Waals surface area contributed by atoms with E-state index in [2.05, 4.69) is 11.4 Å². The van der Waals surface area contributed by atoms with Gasteiger partial charge in [0.2, 0.25) is 0 Å². The van der Waals surface area contributed by atoms with Crippen LogP contribution in [0.25, 0.3) is 0 Å². The molecule has 4 heteroatoms. The molecule has 1 aromatic carbocycles. The number of para-hydroxylation sites is 1. The van der Waals surface area contributed by atoms with E-state index in [9.17, 15) is 4.79 Å². The number of nitrogens with one attached hydrogen (secondary N) is 1. The van der Waals surface area contributed by atoms with Gasteiger partial charge in [-0.2, -0.15) is 0 Å². The monoisotopic (exact) mass is 263 g/mol. The number of methoxy groups -OCH3 is 1. The summed E-state index contributed by atoms with van der Waals surface area (Å²) < 4.78 is 5.26. The summed E-state index contributed by atoms with van der Waals surface area (Å²) in [6.45, 7) is 0. The number of anilines is 1. The Labute approximate surface area is 112 Å². The van der Waals surface area contributed by atoms with E-state index in [1.807, 2.05) is 18.2 Å². The molecule has 96 valence electrons. The number of rotatable bonds is 2. The topological polar surface area (TPSA) is 38.3 Å². The van der Waals surface area contributed by atoms with E-state index in [0.717, 1.165) is 30.6 Å². The number of aryl methyl sites for hydroxylation is 1. The van der Waals surface area contributed by atoms with Gasteiger partial charge in [-0.1, -0.05) is 30.0 Å². The zero-order valence-corrected chi connectivity index (χ0v) is 11.5. The van der Waals surface area contributed by atoms with Gasteiger partial charge in [-0.15, -0.1) is 0 Å². The fraction of sp³-hybridized carbons (Fsp3) is 0.357. The molecule has 1 N–H and O–H groups in total. The van der Waals surface area contributed by atoms with Crippen molar-refractivity contribution in [3.8, 4) is 0 Å². The predicted molar refractivity (Wildman–Crippen MR) is 75.6 cm³/mol. The first-order valence-electron chi connectivity index (χ1n) is 5.96. The third kappa shape index (κ3) is 2.70. The number of benzene rings is 1. The first-order valence-corrected chi connectivity index (χ1v) is 7.19. The number of carbonyl (C=O) groups is 1. The number of carbonyl (C=O) groups excluding carboxylic acids is 1. The van der Waals surface area contributed by atoms with Crippen LogP contribution in [0.2, 0.25) is 0 Å². The second kappa shape index (κ2) is 5.96. The number of hydrogen-bond acceptors (Lipinski definition) is 4. The van der Waals surface area contributed by atoms with Crippen LogP contribution in [0, 0.1) is 0 Å². The molecular weight excluding hydrogens is 246 g/mol. The predicted octanol–water partition coefficient (Wildman–Crippen LogP) is 3.18. The van der Waals surface area contributed by atoms with Crippen LogP contribution in [-0.4, -0.2) is 18.5 Å². The molecule has 1 heterocycles. The highest BCUT2D eigenvalue weighted by molar-refractivity contribution is 8.13. The third-order valence-corrected chi connectivity index (χ3v) is 3.58. The van der Waals surface area contributed by atoms with E-state index in [1.165, 1.54) is 17.3 Å². The minimum atomic E-state index is -0.0284. The van der Waals surface area contributed by atoms with Gasteiger partial charge in [0, 0.05) is 5.69 Å². The molecule has 0 unspecified atom stereocenters. The average Bonchev–Trinajstić information content (AvgIpc) is 2.61. The fourth-order valence-electron chi connectivity index (χ4n) is 2.13. The highest BCUT2D eigenvalue weighted by atomic mass is 32.2. The molecule has 0 radical (unpaired) electrons. The minimum Gasteiger partial charge on any atom is -0.491 e. The number of hydrogen-bond donors (Lipinski definition) is 1. The molecule has 1 aromatic rings. The third-order valence-electron chi connectivity index (χ3n) is 3.02. The number of fused-ring (bicyclic) bond motifs is 1. The van der Waals surface area contributed by atoms with Crippen molar-refractivity contribution >= 4 is 22.6 Å². The molecule has 0 atom stereocenters. The fourth-order valence-corrected chi connectivity index (χ4v) is 2.53. The van der Waals surface area contributed by atoms with Crippen molar-refractivity contribution in [2.24, 2.45) is 0 Å². The van der Waals surface area contributed by atoms with Crippen LogP contribution < -0.4 is 5.32 Å². The molecule has 2 rings (SSSR count). The maximum absolute atomic E-state index is 11.8. The summed E-state index contributed by atoms with van der Waals surface area (Å²) in [7, 11) is 1.55. The quantitative estimate of drug-likeness (QED) is 0.657. The maximum Gasteiger partial charge on any atom is 0.255 e. The zero-order chi connectivity index (χ0) is 13.0. The molecule has 18 heavy (non-hydrogen) atoms. The van der Waals surface area contributed by atoms with E-state index in [1.54, 1.807) is 13.4 Å². The Kier molecular flexibility index (Phi) is 4.31. The van der Waals surface area contributed by atoms with Gasteiger partial charge in [0.25, 0.3) is 5.12 Å². The van der Waals surface area contributed by atoms with Gasteiger partial charge >= 0.3 is 0 Å². The Bertz CT molecular complexity index is 482. The number of allylic oxidation sites excluding steroid dienone is 1. The van der Waals surface area contributed by atoms with Gasteiger partial charge in [0.1, 0.15) is 0 Å². The number of thioether (sulfide) groups is 1. The summed E-state index contributed by atoms with van der Waals surface area (Å²) in [5, 5.41) is 3.32. The molecule has 1 aliphatic rings. The van der Waals surface area contributed by atoms with Crippen molar-refractivity contribution < 1.29 is 9.53 Å². The Morgan fingerprint density at radius 2 is 2.11 bits per heavy atom. The summed E-state index contributed by atoms with van der Waals surface area (Å²) >= 11 is 1.18. The molecule has 0 bridgehead atoms. The van der Waals surface area contributed by atoms with Crippen molar-refractivity contribution in [2.75, 3.05) is 18.7 Å².